The van der Waals surface area contributed by atoms with Gasteiger partial charge in [-0.15, -0.1) is 0 Å². The Morgan fingerprint density at radius 2 is 0.920 bits per heavy atom. The molecule has 0 aliphatic heterocycles. The summed E-state index contributed by atoms with van der Waals surface area (Å²) in [6.45, 7) is 39.4. The fraction of sp³-hybridized carbons (Fsp3) is 0.609. The highest BCUT2D eigenvalue weighted by Crippen LogP contribution is 2.50. The Kier molecular flexibility index (Phi) is 13.0. The van der Waals surface area contributed by atoms with Crippen LogP contribution in [0.2, 0.25) is 0 Å². The van der Waals surface area contributed by atoms with Crippen LogP contribution in [0.5, 0.6) is 5.75 Å². The van der Waals surface area contributed by atoms with Gasteiger partial charge in [0.2, 0.25) is 0 Å². The molecule has 0 spiro atoms. The van der Waals surface area contributed by atoms with Crippen LogP contribution in [0.25, 0.3) is 11.1 Å². The van der Waals surface area contributed by atoms with Crippen LogP contribution in [0.1, 0.15) is 186 Å². The molecule has 0 aromatic heterocycles. The van der Waals surface area contributed by atoms with E-state index in [1.54, 1.807) is 0 Å². The number of rotatable bonds is 15. The van der Waals surface area contributed by atoms with Gasteiger partial charge in [0.1, 0.15) is 5.75 Å². The van der Waals surface area contributed by atoms with Crippen molar-refractivity contribution in [2.75, 3.05) is 0 Å². The summed E-state index contributed by atoms with van der Waals surface area (Å²) in [6, 6.07) is 14.0. The Labute approximate surface area is 308 Å². The predicted molar refractivity (Wildman–Crippen MR) is 219 cm³/mol. The Morgan fingerprint density at radius 1 is 0.520 bits per heavy atom. The molecular weight excluding hydrogens is 631 g/mol. The third-order valence-electron chi connectivity index (χ3n) is 13.0. The minimum Gasteiger partial charge on any atom is -0.426 e. The molecule has 0 unspecified atom stereocenters. The van der Waals surface area contributed by atoms with E-state index in [1.165, 1.54) is 50.1 Å². The lowest BCUT2D eigenvalue weighted by molar-refractivity contribution is 0.375. The summed E-state index contributed by atoms with van der Waals surface area (Å²) >= 11 is 0. The molecule has 0 saturated heterocycles. The average Bonchev–Trinajstić information content (AvgIpc) is 3.03. The Hall–Kier alpha value is -2.19. The van der Waals surface area contributed by atoms with Crippen LogP contribution in [-0.2, 0) is 33.5 Å². The second-order valence-electron chi connectivity index (χ2n) is 18.2. The highest BCUT2D eigenvalue weighted by Gasteiger charge is 2.34. The number of hydrogen-bond donors (Lipinski definition) is 2. The van der Waals surface area contributed by atoms with E-state index < -0.39 is 8.60 Å². The molecule has 0 bridgehead atoms. The zero-order valence-electron chi connectivity index (χ0n) is 35.0. The van der Waals surface area contributed by atoms with E-state index in [1.807, 2.05) is 6.07 Å². The van der Waals surface area contributed by atoms with Crippen LogP contribution in [0.3, 0.4) is 0 Å². The van der Waals surface area contributed by atoms with Crippen molar-refractivity contribution in [3.8, 4) is 16.9 Å². The first-order valence-electron chi connectivity index (χ1n) is 19.3. The van der Waals surface area contributed by atoms with Gasteiger partial charge in [-0.2, -0.15) is 0 Å². The van der Waals surface area contributed by atoms with Crippen molar-refractivity contribution in [1.82, 2.24) is 0 Å². The van der Waals surface area contributed by atoms with Gasteiger partial charge in [-0.3, -0.25) is 0 Å². The van der Waals surface area contributed by atoms with Crippen molar-refractivity contribution in [2.24, 2.45) is 0 Å². The molecule has 0 heterocycles. The zero-order chi connectivity index (χ0) is 38.2. The predicted octanol–water partition coefficient (Wildman–Crippen LogP) is 13.6. The Balaban J connectivity index is 2.66. The minimum absolute atomic E-state index is 0.0199. The van der Waals surface area contributed by atoms with Crippen LogP contribution in [0.4, 0.5) is 0 Å². The van der Waals surface area contributed by atoms with E-state index in [-0.39, 0.29) is 27.1 Å². The van der Waals surface area contributed by atoms with Gasteiger partial charge in [0.25, 0.3) is 0 Å². The maximum Gasteiger partial charge on any atom is 0.391 e. The number of aryl methyl sites for hydroxylation is 2. The van der Waals surface area contributed by atoms with Crippen molar-refractivity contribution in [3.63, 3.8) is 0 Å². The molecule has 4 heteroatoms. The van der Waals surface area contributed by atoms with Gasteiger partial charge in [0, 0.05) is 5.56 Å². The normalized spacial score (nSPS) is 13.4. The molecule has 3 rings (SSSR count). The van der Waals surface area contributed by atoms with Gasteiger partial charge in [-0.25, -0.2) is 0 Å². The third-order valence-corrected chi connectivity index (χ3v) is 13.3. The monoisotopic (exact) mass is 703 g/mol. The third kappa shape index (κ3) is 8.54. The SMILES string of the molecule is CCC(C)(C)c1cc(C(C)(C)CC)c(Cc2c(C(C)(C)CC)ccc(OP(O)O)c2-c2cc(C)c(C(C)(C)CC)cc2C(C)(C)CC)cc1C. The molecule has 3 nitrogen and oxygen atoms in total. The lowest BCUT2D eigenvalue weighted by Gasteiger charge is -2.36. The highest BCUT2D eigenvalue weighted by atomic mass is 31.2. The smallest absolute Gasteiger partial charge is 0.391 e. The maximum atomic E-state index is 10.4. The van der Waals surface area contributed by atoms with Gasteiger partial charge in [0.05, 0.1) is 0 Å². The Morgan fingerprint density at radius 3 is 1.38 bits per heavy atom. The largest absolute Gasteiger partial charge is 0.426 e. The van der Waals surface area contributed by atoms with Gasteiger partial charge in [-0.1, -0.05) is 134 Å². The van der Waals surface area contributed by atoms with Crippen LogP contribution >= 0.6 is 8.60 Å². The second-order valence-corrected chi connectivity index (χ2v) is 18.9. The van der Waals surface area contributed by atoms with Gasteiger partial charge >= 0.3 is 8.60 Å². The molecule has 0 fully saturated rings. The van der Waals surface area contributed by atoms with Crippen molar-refractivity contribution in [3.05, 3.63) is 86.5 Å². The summed E-state index contributed by atoms with van der Waals surface area (Å²) in [6.07, 6.45) is 5.80. The van der Waals surface area contributed by atoms with Crippen molar-refractivity contribution in [1.29, 1.82) is 0 Å². The fourth-order valence-corrected chi connectivity index (χ4v) is 7.85. The van der Waals surface area contributed by atoms with Crippen LogP contribution in [-0.4, -0.2) is 9.79 Å². The van der Waals surface area contributed by atoms with Crippen LogP contribution in [0.15, 0.2) is 36.4 Å². The Bertz CT molecular complexity index is 1650. The first-order chi connectivity index (χ1) is 22.9. The van der Waals surface area contributed by atoms with E-state index in [0.717, 1.165) is 49.7 Å². The van der Waals surface area contributed by atoms with Gasteiger partial charge in [-0.05, 0) is 141 Å². The first kappa shape index (κ1) is 42.2. The van der Waals surface area contributed by atoms with Crippen LogP contribution < -0.4 is 4.52 Å². The van der Waals surface area contributed by atoms with Crippen molar-refractivity contribution >= 4 is 8.60 Å². The zero-order valence-corrected chi connectivity index (χ0v) is 35.9. The summed E-state index contributed by atoms with van der Waals surface area (Å²) in [5, 5.41) is 0. The molecule has 3 aromatic carbocycles. The molecule has 0 atom stereocenters. The van der Waals surface area contributed by atoms with Crippen molar-refractivity contribution < 1.29 is 14.3 Å². The molecule has 0 saturated carbocycles. The summed E-state index contributed by atoms with van der Waals surface area (Å²) in [5.74, 6) is 0.540. The number of benzene rings is 3. The first-order valence-corrected chi connectivity index (χ1v) is 20.4. The van der Waals surface area contributed by atoms with E-state index in [9.17, 15) is 9.79 Å². The number of hydrogen-bond acceptors (Lipinski definition) is 3. The molecule has 0 radical (unpaired) electrons. The molecule has 0 aliphatic rings. The van der Waals surface area contributed by atoms with E-state index >= 15 is 0 Å². The maximum absolute atomic E-state index is 10.4. The highest BCUT2D eigenvalue weighted by molar-refractivity contribution is 7.39. The minimum atomic E-state index is -2.62. The van der Waals surface area contributed by atoms with E-state index in [0.29, 0.717) is 5.75 Å². The van der Waals surface area contributed by atoms with Gasteiger partial charge < -0.3 is 14.3 Å². The molecular formula is C46H71O3P. The molecule has 0 aliphatic carbocycles. The molecule has 0 amide bonds. The molecule has 2 N–H and O–H groups in total. The lowest BCUT2D eigenvalue weighted by Crippen LogP contribution is -2.25. The summed E-state index contributed by atoms with van der Waals surface area (Å²) in [5.41, 5.74) is 13.9. The summed E-state index contributed by atoms with van der Waals surface area (Å²) < 4.78 is 6.04. The van der Waals surface area contributed by atoms with Gasteiger partial charge in [0.15, 0.2) is 0 Å². The standard InChI is InChI=1S/C46H71O3P/c1-18-42(8,9)35-23-24-40(49-50(47)48)41(33-26-31(7)37(44(12,13)20-3)29-39(33)46(16,17)22-5)34(35)27-32-25-30(6)36(43(10,11)19-2)28-38(32)45(14,15)21-4/h23-26,28-29,47-48H,18-22,27H2,1-17H3. The molecule has 278 valence electrons. The second kappa shape index (κ2) is 15.4. The topological polar surface area (TPSA) is 49.7 Å². The van der Waals surface area contributed by atoms with Crippen molar-refractivity contribution in [2.45, 2.75) is 183 Å². The molecule has 3 aromatic rings. The fourth-order valence-electron chi connectivity index (χ4n) is 7.52. The van der Waals surface area contributed by atoms with Crippen LogP contribution in [0, 0.1) is 13.8 Å². The summed E-state index contributed by atoms with van der Waals surface area (Å²) in [7, 11) is -2.62. The van der Waals surface area contributed by atoms with E-state index in [4.69, 9.17) is 4.52 Å². The quantitative estimate of drug-likeness (QED) is 0.155. The van der Waals surface area contributed by atoms with E-state index in [2.05, 4.69) is 148 Å². The average molecular weight is 703 g/mol. The lowest BCUT2D eigenvalue weighted by atomic mass is 9.69. The summed E-state index contributed by atoms with van der Waals surface area (Å²) in [4.78, 5) is 20.8. The molecule has 50 heavy (non-hydrogen) atoms.